The maximum Gasteiger partial charge on any atom is 0.298 e. The highest BCUT2D eigenvalue weighted by Gasteiger charge is 2.33. The lowest BCUT2D eigenvalue weighted by Crippen LogP contribution is -2.18. The van der Waals surface area contributed by atoms with Crippen LogP contribution in [0.3, 0.4) is 0 Å². The first-order valence-corrected chi connectivity index (χ1v) is 7.43. The smallest absolute Gasteiger partial charge is 0.216 e. The van der Waals surface area contributed by atoms with Crippen molar-refractivity contribution in [3.63, 3.8) is 0 Å². The number of rotatable bonds is 2. The van der Waals surface area contributed by atoms with E-state index in [0.29, 0.717) is 5.82 Å². The summed E-state index contributed by atoms with van der Waals surface area (Å²) in [7, 11) is 0. The third-order valence-electron chi connectivity index (χ3n) is 2.50. The second-order valence-corrected chi connectivity index (χ2v) is 6.30. The Balaban J connectivity index is 2.64. The summed E-state index contributed by atoms with van der Waals surface area (Å²) in [5.41, 5.74) is -0.391. The third-order valence-corrected chi connectivity index (χ3v) is 3.70. The van der Waals surface area contributed by atoms with Crippen LogP contribution in [0.25, 0.3) is 5.65 Å². The van der Waals surface area contributed by atoms with Crippen LogP contribution in [0.1, 0.15) is 32.3 Å². The van der Waals surface area contributed by atoms with Gasteiger partial charge >= 0.3 is 0 Å². The van der Waals surface area contributed by atoms with E-state index in [1.807, 2.05) is 20.8 Å². The number of hydrogen-bond acceptors (Lipinski definition) is 3. The topological polar surface area (TPSA) is 43.1 Å². The molecule has 0 radical (unpaired) electrons. The van der Waals surface area contributed by atoms with Crippen molar-refractivity contribution in [2.24, 2.45) is 0 Å². The molecular formula is C11H12ClF2IN4. The van der Waals surface area contributed by atoms with Crippen molar-refractivity contribution in [1.82, 2.24) is 19.6 Å². The van der Waals surface area contributed by atoms with Crippen molar-refractivity contribution in [2.75, 3.05) is 4.43 Å². The molecule has 4 nitrogen and oxygen atoms in total. The Hall–Kier alpha value is -0.570. The zero-order chi connectivity index (χ0) is 14.4. The summed E-state index contributed by atoms with van der Waals surface area (Å²) in [6, 6.07) is 1.23. The average molecular weight is 401 g/mol. The number of halogens is 4. The minimum Gasteiger partial charge on any atom is -0.216 e. The molecule has 104 valence electrons. The third kappa shape index (κ3) is 2.81. The van der Waals surface area contributed by atoms with Crippen LogP contribution in [0.4, 0.5) is 8.78 Å². The normalized spacial score (nSPS) is 13.2. The van der Waals surface area contributed by atoms with E-state index in [-0.39, 0.29) is 26.5 Å². The van der Waals surface area contributed by atoms with Gasteiger partial charge in [-0.2, -0.15) is 13.3 Å². The summed E-state index contributed by atoms with van der Waals surface area (Å²) in [4.78, 5) is 7.96. The number of hydrogen-bond donors (Lipinski definition) is 0. The van der Waals surface area contributed by atoms with E-state index in [1.54, 1.807) is 22.6 Å². The maximum absolute atomic E-state index is 13.6. The van der Waals surface area contributed by atoms with Gasteiger partial charge in [0.1, 0.15) is 5.69 Å². The monoisotopic (exact) mass is 400 g/mol. The van der Waals surface area contributed by atoms with Gasteiger partial charge in [-0.15, -0.1) is 5.10 Å². The molecule has 0 saturated heterocycles. The predicted molar refractivity (Wildman–Crippen MR) is 77.3 cm³/mol. The fourth-order valence-electron chi connectivity index (χ4n) is 1.43. The zero-order valence-electron chi connectivity index (χ0n) is 10.6. The molecule has 19 heavy (non-hydrogen) atoms. The average Bonchev–Trinajstić information content (AvgIpc) is 2.73. The molecule has 0 aliphatic heterocycles. The van der Waals surface area contributed by atoms with Gasteiger partial charge in [-0.3, -0.25) is 0 Å². The highest BCUT2D eigenvalue weighted by atomic mass is 127. The SMILES string of the molecule is CC(C)(C)c1nc2cc(C(F)(F)CI)nc(Cl)n2n1. The molecule has 2 rings (SSSR count). The van der Waals surface area contributed by atoms with Crippen molar-refractivity contribution in [3.05, 3.63) is 22.9 Å². The quantitative estimate of drug-likeness (QED) is 0.439. The van der Waals surface area contributed by atoms with Crippen molar-refractivity contribution in [3.8, 4) is 0 Å². The van der Waals surface area contributed by atoms with Crippen LogP contribution in [0.5, 0.6) is 0 Å². The highest BCUT2D eigenvalue weighted by molar-refractivity contribution is 14.1. The first-order valence-electron chi connectivity index (χ1n) is 5.53. The van der Waals surface area contributed by atoms with E-state index in [9.17, 15) is 8.78 Å². The number of fused-ring (bicyclic) bond motifs is 1. The molecule has 0 atom stereocenters. The molecule has 2 aromatic rings. The van der Waals surface area contributed by atoms with E-state index in [2.05, 4.69) is 15.1 Å². The lowest BCUT2D eigenvalue weighted by molar-refractivity contribution is 0.0217. The summed E-state index contributed by atoms with van der Waals surface area (Å²) in [5.74, 6) is -2.49. The van der Waals surface area contributed by atoms with Gasteiger partial charge in [0.25, 0.3) is 5.92 Å². The van der Waals surface area contributed by atoms with Gasteiger partial charge in [0.05, 0.1) is 4.43 Å². The van der Waals surface area contributed by atoms with Crippen molar-refractivity contribution in [1.29, 1.82) is 0 Å². The molecule has 0 bridgehead atoms. The van der Waals surface area contributed by atoms with Crippen molar-refractivity contribution >= 4 is 39.8 Å². The fraction of sp³-hybridized carbons (Fsp3) is 0.545. The molecular weight excluding hydrogens is 389 g/mol. The van der Waals surface area contributed by atoms with Crippen LogP contribution >= 0.6 is 34.2 Å². The second kappa shape index (κ2) is 4.76. The number of nitrogens with zero attached hydrogens (tertiary/aromatic N) is 4. The zero-order valence-corrected chi connectivity index (χ0v) is 13.5. The van der Waals surface area contributed by atoms with Gasteiger partial charge in [-0.05, 0) is 11.6 Å². The number of aromatic nitrogens is 4. The molecule has 0 aromatic carbocycles. The highest BCUT2D eigenvalue weighted by Crippen LogP contribution is 2.30. The van der Waals surface area contributed by atoms with E-state index in [0.717, 1.165) is 0 Å². The minimum atomic E-state index is -3.03. The summed E-state index contributed by atoms with van der Waals surface area (Å²) < 4.78 is 28.2. The fourth-order valence-corrected chi connectivity index (χ4v) is 2.03. The Bertz CT molecular complexity index is 621. The molecule has 0 saturated carbocycles. The summed E-state index contributed by atoms with van der Waals surface area (Å²) in [6.07, 6.45) is 0. The van der Waals surface area contributed by atoms with E-state index < -0.39 is 5.92 Å². The lowest BCUT2D eigenvalue weighted by Gasteiger charge is -2.12. The van der Waals surface area contributed by atoms with Crippen LogP contribution in [-0.2, 0) is 11.3 Å². The molecule has 0 fully saturated rings. The second-order valence-electron chi connectivity index (χ2n) is 5.20. The van der Waals surface area contributed by atoms with Gasteiger partial charge in [0.2, 0.25) is 5.28 Å². The first kappa shape index (κ1) is 14.8. The lowest BCUT2D eigenvalue weighted by atomic mass is 9.96. The molecule has 8 heteroatoms. The minimum absolute atomic E-state index is 0.111. The van der Waals surface area contributed by atoms with Crippen LogP contribution in [-0.4, -0.2) is 24.0 Å². The van der Waals surface area contributed by atoms with E-state index in [1.165, 1.54) is 10.6 Å². The maximum atomic E-state index is 13.6. The Kier molecular flexibility index (Phi) is 3.72. The summed E-state index contributed by atoms with van der Waals surface area (Å²) in [6.45, 7) is 5.80. The largest absolute Gasteiger partial charge is 0.298 e. The Morgan fingerprint density at radius 3 is 2.47 bits per heavy atom. The molecule has 0 amide bonds. The molecule has 2 heterocycles. The van der Waals surface area contributed by atoms with E-state index in [4.69, 9.17) is 11.6 Å². The van der Waals surface area contributed by atoms with Crippen LogP contribution in [0, 0.1) is 0 Å². The Morgan fingerprint density at radius 1 is 1.32 bits per heavy atom. The molecule has 0 unspecified atom stereocenters. The number of alkyl halides is 3. The van der Waals surface area contributed by atoms with Crippen molar-refractivity contribution < 1.29 is 8.78 Å². The van der Waals surface area contributed by atoms with Gasteiger partial charge in [0, 0.05) is 11.5 Å². The Labute approximate surface area is 127 Å². The Morgan fingerprint density at radius 2 is 1.95 bits per heavy atom. The van der Waals surface area contributed by atoms with E-state index >= 15 is 0 Å². The standard InChI is InChI=1S/C11H12ClF2IN4/c1-10(2,3)8-17-7-4-6(11(13,14)5-15)16-9(12)19(7)18-8/h4H,5H2,1-3H3. The van der Waals surface area contributed by atoms with Crippen LogP contribution in [0.2, 0.25) is 5.28 Å². The van der Waals surface area contributed by atoms with Gasteiger partial charge in [0.15, 0.2) is 11.5 Å². The molecule has 0 N–H and O–H groups in total. The molecule has 0 aliphatic rings. The molecule has 0 spiro atoms. The van der Waals surface area contributed by atoms with Gasteiger partial charge in [-0.25, -0.2) is 9.97 Å². The molecule has 2 aromatic heterocycles. The summed E-state index contributed by atoms with van der Waals surface area (Å²) >= 11 is 7.51. The van der Waals surface area contributed by atoms with Crippen molar-refractivity contribution in [2.45, 2.75) is 32.1 Å². The van der Waals surface area contributed by atoms with Gasteiger partial charge < -0.3 is 0 Å². The predicted octanol–water partition coefficient (Wildman–Crippen LogP) is 3.60. The molecule has 0 aliphatic carbocycles. The first-order chi connectivity index (χ1) is 8.65. The van der Waals surface area contributed by atoms with Gasteiger partial charge in [-0.1, -0.05) is 43.4 Å². The van der Waals surface area contributed by atoms with Crippen LogP contribution in [0.15, 0.2) is 6.07 Å². The summed E-state index contributed by atoms with van der Waals surface area (Å²) in [5, 5.41) is 4.09. The van der Waals surface area contributed by atoms with Crippen LogP contribution < -0.4 is 0 Å².